The fourth-order valence-electron chi connectivity index (χ4n) is 2.38. The van der Waals surface area contributed by atoms with Crippen LogP contribution in [0.3, 0.4) is 0 Å². The van der Waals surface area contributed by atoms with E-state index in [4.69, 9.17) is 5.21 Å². The molecule has 0 unspecified atom stereocenters. The number of hydrogen-bond donors (Lipinski definition) is 3. The molecule has 1 aromatic carbocycles. The molecule has 0 bridgehead atoms. The van der Waals surface area contributed by atoms with Crippen LogP contribution < -0.4 is 10.2 Å². The van der Waals surface area contributed by atoms with Crippen molar-refractivity contribution >= 4 is 44.9 Å². The number of hydrogen-bond acceptors (Lipinski definition) is 6. The lowest BCUT2D eigenvalue weighted by Gasteiger charge is -2.10. The van der Waals surface area contributed by atoms with Crippen molar-refractivity contribution in [1.82, 2.24) is 15.4 Å². The zero-order valence-electron chi connectivity index (χ0n) is 13.3. The summed E-state index contributed by atoms with van der Waals surface area (Å²) >= 11 is 0. The number of nitrogens with zero attached hydrogens (tertiary/aromatic N) is 2. The highest BCUT2D eigenvalue weighted by atomic mass is 35.5. The molecular weight excluding hydrogens is 380 g/mol. The highest BCUT2D eigenvalue weighted by molar-refractivity contribution is 7.91. The number of fused-ring (bicyclic) bond motifs is 1. The van der Waals surface area contributed by atoms with E-state index < -0.39 is 15.9 Å². The molecular formula is C16H15ClN4O4S. The second-order valence-electron chi connectivity index (χ2n) is 5.22. The van der Waals surface area contributed by atoms with Crippen molar-refractivity contribution in [3.8, 4) is 0 Å². The predicted octanol–water partition coefficient (Wildman–Crippen LogP) is 2.11. The molecule has 0 aliphatic carbocycles. The normalized spacial score (nSPS) is 10.8. The van der Waals surface area contributed by atoms with Crippen LogP contribution in [0.1, 0.15) is 16.1 Å². The summed E-state index contributed by atoms with van der Waals surface area (Å²) in [6.45, 7) is 0. The lowest BCUT2D eigenvalue weighted by molar-refractivity contribution is 0.0701. The third-order valence-corrected chi connectivity index (χ3v) is 4.67. The van der Waals surface area contributed by atoms with Gasteiger partial charge in [0.1, 0.15) is 5.69 Å². The maximum atomic E-state index is 12.5. The summed E-state index contributed by atoms with van der Waals surface area (Å²) in [5, 5.41) is 9.47. The van der Waals surface area contributed by atoms with Crippen LogP contribution in [0, 0.1) is 0 Å². The number of hydroxylamine groups is 1. The first-order valence-corrected chi connectivity index (χ1v) is 8.87. The molecule has 0 spiro atoms. The van der Waals surface area contributed by atoms with E-state index in [0.717, 1.165) is 5.39 Å². The molecule has 136 valence electrons. The lowest BCUT2D eigenvalue weighted by atomic mass is 10.1. The number of aromatic nitrogens is 2. The molecule has 3 aromatic rings. The smallest absolute Gasteiger partial charge is 0.288 e. The van der Waals surface area contributed by atoms with Gasteiger partial charge in [0.15, 0.2) is 0 Å². The molecule has 0 aliphatic heterocycles. The summed E-state index contributed by atoms with van der Waals surface area (Å²) in [7, 11) is -3.74. The summed E-state index contributed by atoms with van der Waals surface area (Å²) in [4.78, 5) is 19.3. The van der Waals surface area contributed by atoms with Crippen LogP contribution in [-0.4, -0.2) is 29.5 Å². The Bertz CT molecular complexity index is 1040. The largest absolute Gasteiger partial charge is 0.293 e. The molecule has 3 N–H and O–H groups in total. The van der Waals surface area contributed by atoms with Gasteiger partial charge in [-0.25, -0.2) is 13.9 Å². The van der Waals surface area contributed by atoms with Crippen molar-refractivity contribution in [2.75, 3.05) is 4.72 Å². The summed E-state index contributed by atoms with van der Waals surface area (Å²) in [5.74, 6) is -1.11. The Balaban J connectivity index is 0.00000243. The number of para-hydroxylation sites is 1. The Morgan fingerprint density at radius 3 is 2.62 bits per heavy atom. The van der Waals surface area contributed by atoms with Gasteiger partial charge in [-0.3, -0.25) is 24.7 Å². The summed E-state index contributed by atoms with van der Waals surface area (Å²) in [6.07, 6.45) is 2.87. The van der Waals surface area contributed by atoms with Gasteiger partial charge in [0.2, 0.25) is 10.0 Å². The maximum absolute atomic E-state index is 12.5. The maximum Gasteiger partial charge on any atom is 0.293 e. The van der Waals surface area contributed by atoms with E-state index in [2.05, 4.69) is 14.7 Å². The molecule has 0 radical (unpaired) electrons. The number of carbonyl (C=O) groups is 1. The number of sulfonamides is 1. The number of pyridine rings is 2. The molecule has 0 saturated carbocycles. The molecule has 2 aromatic heterocycles. The summed E-state index contributed by atoms with van der Waals surface area (Å²) in [5.41, 5.74) is 2.68. The van der Waals surface area contributed by atoms with Crippen molar-refractivity contribution in [2.45, 2.75) is 5.75 Å². The van der Waals surface area contributed by atoms with E-state index in [-0.39, 0.29) is 29.5 Å². The fourth-order valence-corrected chi connectivity index (χ4v) is 3.58. The average molecular weight is 395 g/mol. The SMILES string of the molecule is Cl.O=C(NO)c1cc(NS(=O)(=O)Cc2cccc3cccnc23)ccn1. The zero-order chi connectivity index (χ0) is 17.9. The standard InChI is InChI=1S/C16H14N4O4S.ClH/c21-16(19-22)14-9-13(6-8-17-14)20-25(23,24)10-12-4-1-3-11-5-2-7-18-15(11)12;/h1-9,22H,10H2,(H,17,20)(H,19,21);1H. The Morgan fingerprint density at radius 2 is 1.85 bits per heavy atom. The zero-order valence-corrected chi connectivity index (χ0v) is 14.9. The third-order valence-electron chi connectivity index (χ3n) is 3.43. The van der Waals surface area contributed by atoms with Crippen molar-refractivity contribution in [2.24, 2.45) is 0 Å². The number of benzene rings is 1. The van der Waals surface area contributed by atoms with Crippen LogP contribution in [0.5, 0.6) is 0 Å². The number of amides is 1. The first-order valence-electron chi connectivity index (χ1n) is 7.22. The Labute approximate surface area is 155 Å². The number of nitrogens with one attached hydrogen (secondary N) is 2. The molecule has 0 fully saturated rings. The third kappa shape index (κ3) is 4.45. The van der Waals surface area contributed by atoms with E-state index in [9.17, 15) is 13.2 Å². The van der Waals surface area contributed by atoms with Gasteiger partial charge < -0.3 is 0 Å². The van der Waals surface area contributed by atoms with Gasteiger partial charge in [0.05, 0.1) is 17.0 Å². The number of rotatable bonds is 5. The Kier molecular flexibility index (Phi) is 6.09. The van der Waals surface area contributed by atoms with Gasteiger partial charge in [-0.1, -0.05) is 24.3 Å². The van der Waals surface area contributed by atoms with Gasteiger partial charge in [-0.15, -0.1) is 12.4 Å². The number of carbonyl (C=O) groups excluding carboxylic acids is 1. The second-order valence-corrected chi connectivity index (χ2v) is 6.95. The van der Waals surface area contributed by atoms with Gasteiger partial charge >= 0.3 is 0 Å². The van der Waals surface area contributed by atoms with E-state index in [1.165, 1.54) is 23.8 Å². The molecule has 8 nitrogen and oxygen atoms in total. The predicted molar refractivity (Wildman–Crippen MR) is 98.7 cm³/mol. The molecule has 0 saturated heterocycles. The first kappa shape index (κ1) is 19.6. The summed E-state index contributed by atoms with van der Waals surface area (Å²) in [6, 6.07) is 11.6. The topological polar surface area (TPSA) is 121 Å². The summed E-state index contributed by atoms with van der Waals surface area (Å²) < 4.78 is 27.3. The monoisotopic (exact) mass is 394 g/mol. The van der Waals surface area contributed by atoms with Gasteiger partial charge in [-0.05, 0) is 23.8 Å². The van der Waals surface area contributed by atoms with Crippen LogP contribution >= 0.6 is 12.4 Å². The molecule has 3 rings (SSSR count). The molecule has 10 heteroatoms. The van der Waals surface area contributed by atoms with Gasteiger partial charge in [-0.2, -0.15) is 0 Å². The first-order chi connectivity index (χ1) is 12.0. The van der Waals surface area contributed by atoms with E-state index in [1.54, 1.807) is 24.4 Å². The van der Waals surface area contributed by atoms with E-state index in [1.807, 2.05) is 12.1 Å². The molecule has 26 heavy (non-hydrogen) atoms. The molecule has 0 atom stereocenters. The van der Waals surface area contributed by atoms with Crippen LogP contribution in [0.25, 0.3) is 10.9 Å². The van der Waals surface area contributed by atoms with E-state index in [0.29, 0.717) is 11.1 Å². The molecule has 1 amide bonds. The highest BCUT2D eigenvalue weighted by Crippen LogP contribution is 2.19. The number of anilines is 1. The second kappa shape index (κ2) is 8.09. The quantitative estimate of drug-likeness (QED) is 0.450. The van der Waals surface area contributed by atoms with Crippen LogP contribution in [-0.2, 0) is 15.8 Å². The van der Waals surface area contributed by atoms with Crippen molar-refractivity contribution in [1.29, 1.82) is 0 Å². The van der Waals surface area contributed by atoms with Crippen LogP contribution in [0.2, 0.25) is 0 Å². The van der Waals surface area contributed by atoms with Gasteiger partial charge in [0.25, 0.3) is 5.91 Å². The number of halogens is 1. The molecule has 2 heterocycles. The molecule has 0 aliphatic rings. The van der Waals surface area contributed by atoms with Crippen molar-refractivity contribution in [3.05, 3.63) is 66.1 Å². The average Bonchev–Trinajstić information content (AvgIpc) is 2.61. The van der Waals surface area contributed by atoms with E-state index >= 15 is 0 Å². The minimum atomic E-state index is -3.74. The minimum absolute atomic E-state index is 0. The fraction of sp³-hybridized carbons (Fsp3) is 0.0625. The Morgan fingerprint density at radius 1 is 1.08 bits per heavy atom. The van der Waals surface area contributed by atoms with Crippen molar-refractivity contribution in [3.63, 3.8) is 0 Å². The highest BCUT2D eigenvalue weighted by Gasteiger charge is 2.15. The van der Waals surface area contributed by atoms with Crippen LogP contribution in [0.4, 0.5) is 5.69 Å². The van der Waals surface area contributed by atoms with Crippen molar-refractivity contribution < 1.29 is 18.4 Å². The van der Waals surface area contributed by atoms with Gasteiger partial charge in [0, 0.05) is 17.8 Å². The Hall–Kier alpha value is -2.75. The minimum Gasteiger partial charge on any atom is -0.288 e. The lowest BCUT2D eigenvalue weighted by Crippen LogP contribution is -2.21. The van der Waals surface area contributed by atoms with Crippen LogP contribution in [0.15, 0.2) is 54.9 Å².